The number of hydrogen-bond acceptors (Lipinski definition) is 4. The Labute approximate surface area is 202 Å². The predicted molar refractivity (Wildman–Crippen MR) is 135 cm³/mol. The second kappa shape index (κ2) is 10.6. The van der Waals surface area contributed by atoms with Crippen LogP contribution in [-0.2, 0) is 29.0 Å². The lowest BCUT2D eigenvalue weighted by atomic mass is 10.1. The molecule has 1 amide bonds. The maximum Gasteiger partial charge on any atom is 0.410 e. The van der Waals surface area contributed by atoms with Gasteiger partial charge < -0.3 is 14.4 Å². The van der Waals surface area contributed by atoms with Gasteiger partial charge >= 0.3 is 6.09 Å². The molecule has 3 aromatic rings. The number of carbonyl (C=O) groups excluding carboxylic acids is 1. The van der Waals surface area contributed by atoms with Crippen LogP contribution in [0.3, 0.4) is 0 Å². The van der Waals surface area contributed by atoms with Crippen molar-refractivity contribution >= 4 is 17.0 Å². The lowest BCUT2D eigenvalue weighted by Crippen LogP contribution is -2.37. The van der Waals surface area contributed by atoms with Gasteiger partial charge in [0.25, 0.3) is 0 Å². The Bertz CT molecular complexity index is 1100. The molecule has 4 rings (SSSR count). The van der Waals surface area contributed by atoms with Crippen molar-refractivity contribution in [2.24, 2.45) is 0 Å². The summed E-state index contributed by atoms with van der Waals surface area (Å²) in [6, 6.07) is 17.2. The van der Waals surface area contributed by atoms with Crippen molar-refractivity contribution in [3.8, 4) is 0 Å². The van der Waals surface area contributed by atoms with Crippen LogP contribution in [0.1, 0.15) is 63.8 Å². The minimum absolute atomic E-state index is 0.231. The van der Waals surface area contributed by atoms with Crippen LogP contribution >= 0.6 is 0 Å². The third-order valence-corrected chi connectivity index (χ3v) is 5.94. The quantitative estimate of drug-likeness (QED) is 0.349. The van der Waals surface area contributed by atoms with Crippen LogP contribution in [0.2, 0.25) is 0 Å². The van der Waals surface area contributed by atoms with E-state index < -0.39 is 5.60 Å². The maximum absolute atomic E-state index is 12.9. The summed E-state index contributed by atoms with van der Waals surface area (Å²) in [4.78, 5) is 14.7. The molecule has 1 aliphatic rings. The molecule has 1 aliphatic carbocycles. The van der Waals surface area contributed by atoms with Gasteiger partial charge in [0.15, 0.2) is 0 Å². The van der Waals surface area contributed by atoms with E-state index >= 15 is 0 Å². The first-order valence-electron chi connectivity index (χ1n) is 12.4. The lowest BCUT2D eigenvalue weighted by Gasteiger charge is -2.27. The smallest absolute Gasteiger partial charge is 0.410 e. The third kappa shape index (κ3) is 6.38. The van der Waals surface area contributed by atoms with Crippen molar-refractivity contribution in [3.05, 3.63) is 65.4 Å². The molecule has 6 nitrogen and oxygen atoms in total. The highest BCUT2D eigenvalue weighted by Crippen LogP contribution is 2.31. The second-order valence-electron chi connectivity index (χ2n) is 10.1. The van der Waals surface area contributed by atoms with Gasteiger partial charge in [-0.1, -0.05) is 42.5 Å². The molecule has 1 heterocycles. The molecule has 0 spiro atoms. The van der Waals surface area contributed by atoms with Crippen LogP contribution in [0, 0.1) is 0 Å². The maximum atomic E-state index is 12.9. The summed E-state index contributed by atoms with van der Waals surface area (Å²) in [5.74, 6) is 0. The van der Waals surface area contributed by atoms with Gasteiger partial charge in [-0.15, -0.1) is 0 Å². The first-order valence-corrected chi connectivity index (χ1v) is 12.4. The average molecular weight is 464 g/mol. The zero-order chi connectivity index (χ0) is 24.1. The van der Waals surface area contributed by atoms with Crippen molar-refractivity contribution in [2.45, 2.75) is 78.1 Å². The number of amides is 1. The molecule has 0 bridgehead atoms. The zero-order valence-electron chi connectivity index (χ0n) is 20.9. The Kier molecular flexibility index (Phi) is 7.57. The summed E-state index contributed by atoms with van der Waals surface area (Å²) in [6.07, 6.45) is 3.55. The molecule has 0 unspecified atom stereocenters. The van der Waals surface area contributed by atoms with Gasteiger partial charge in [-0.3, -0.25) is 4.68 Å². The number of ether oxygens (including phenoxy) is 2. The van der Waals surface area contributed by atoms with Gasteiger partial charge in [0.2, 0.25) is 0 Å². The topological polar surface area (TPSA) is 56.6 Å². The molecular formula is C28H37N3O3. The van der Waals surface area contributed by atoms with Crippen molar-refractivity contribution < 1.29 is 14.3 Å². The molecule has 6 heteroatoms. The fourth-order valence-electron chi connectivity index (χ4n) is 4.18. The van der Waals surface area contributed by atoms with Gasteiger partial charge in [0, 0.05) is 44.2 Å². The monoisotopic (exact) mass is 463 g/mol. The van der Waals surface area contributed by atoms with Crippen LogP contribution in [0.25, 0.3) is 10.9 Å². The van der Waals surface area contributed by atoms with E-state index in [9.17, 15) is 4.79 Å². The van der Waals surface area contributed by atoms with E-state index in [-0.39, 0.29) is 12.1 Å². The number of nitrogens with zero attached hydrogens (tertiary/aromatic N) is 3. The largest absolute Gasteiger partial charge is 0.444 e. The average Bonchev–Trinajstić information content (AvgIpc) is 3.58. The normalized spacial score (nSPS) is 13.9. The van der Waals surface area contributed by atoms with E-state index in [2.05, 4.69) is 47.1 Å². The third-order valence-electron chi connectivity index (χ3n) is 5.94. The summed E-state index contributed by atoms with van der Waals surface area (Å²) in [7, 11) is 0. The molecular weight excluding hydrogens is 426 g/mol. The molecule has 0 aliphatic heterocycles. The minimum atomic E-state index is -0.500. The number of hydrogen-bond donors (Lipinski definition) is 0. The number of carbonyl (C=O) groups is 1. The molecule has 0 N–H and O–H groups in total. The van der Waals surface area contributed by atoms with Crippen LogP contribution in [-0.4, -0.2) is 45.6 Å². The van der Waals surface area contributed by atoms with Gasteiger partial charge in [-0.2, -0.15) is 5.10 Å². The first-order chi connectivity index (χ1) is 16.3. The van der Waals surface area contributed by atoms with E-state index in [1.54, 1.807) is 0 Å². The second-order valence-corrected chi connectivity index (χ2v) is 10.1. The molecule has 34 heavy (non-hydrogen) atoms. The summed E-state index contributed by atoms with van der Waals surface area (Å²) < 4.78 is 13.3. The summed E-state index contributed by atoms with van der Waals surface area (Å²) >= 11 is 0. The number of rotatable bonds is 10. The summed E-state index contributed by atoms with van der Waals surface area (Å²) in [5, 5.41) is 6.16. The number of fused-ring (bicyclic) bond motifs is 1. The van der Waals surface area contributed by atoms with E-state index in [0.29, 0.717) is 6.54 Å². The van der Waals surface area contributed by atoms with Crippen LogP contribution < -0.4 is 0 Å². The molecule has 1 aromatic heterocycles. The SMILES string of the molecule is CCOCCCn1nc(Cc2ccccc2)c2ccc(CN(C(=O)OC(C)(C)C)C3CC3)cc21. The predicted octanol–water partition coefficient (Wildman–Crippen LogP) is 5.95. The fourth-order valence-corrected chi connectivity index (χ4v) is 4.18. The minimum Gasteiger partial charge on any atom is -0.444 e. The van der Waals surface area contributed by atoms with Crippen molar-refractivity contribution in [1.29, 1.82) is 0 Å². The van der Waals surface area contributed by atoms with Crippen LogP contribution in [0.4, 0.5) is 4.79 Å². The Morgan fingerprint density at radius 2 is 1.88 bits per heavy atom. The van der Waals surface area contributed by atoms with Gasteiger partial charge in [-0.05, 0) is 64.2 Å². The van der Waals surface area contributed by atoms with E-state index in [1.807, 2.05) is 38.7 Å². The van der Waals surface area contributed by atoms with Gasteiger partial charge in [0.05, 0.1) is 11.2 Å². The standard InChI is InChI=1S/C28H37N3O3/c1-5-33-17-9-16-31-26-19-22(20-30(23-13-14-23)27(32)34-28(2,3)4)12-15-24(26)25(29-31)18-21-10-7-6-8-11-21/h6-8,10-12,15,19,23H,5,9,13-14,16-18,20H2,1-4H3. The summed E-state index contributed by atoms with van der Waals surface area (Å²) in [6.45, 7) is 10.6. The lowest BCUT2D eigenvalue weighted by molar-refractivity contribution is 0.0216. The molecule has 1 saturated carbocycles. The number of aromatic nitrogens is 2. The molecule has 0 atom stereocenters. The van der Waals surface area contributed by atoms with Crippen molar-refractivity contribution in [3.63, 3.8) is 0 Å². The van der Waals surface area contributed by atoms with Gasteiger partial charge in [0.1, 0.15) is 5.60 Å². The molecule has 0 saturated heterocycles. The van der Waals surface area contributed by atoms with E-state index in [1.165, 1.54) is 10.9 Å². The highest BCUT2D eigenvalue weighted by molar-refractivity contribution is 5.83. The van der Waals surface area contributed by atoms with Gasteiger partial charge in [-0.25, -0.2) is 4.79 Å². The highest BCUT2D eigenvalue weighted by Gasteiger charge is 2.35. The summed E-state index contributed by atoms with van der Waals surface area (Å²) in [5.41, 5.74) is 4.04. The molecule has 2 aromatic carbocycles. The highest BCUT2D eigenvalue weighted by atomic mass is 16.6. The van der Waals surface area contributed by atoms with Crippen molar-refractivity contribution in [2.75, 3.05) is 13.2 Å². The first kappa shape index (κ1) is 24.3. The molecule has 182 valence electrons. The fraction of sp³-hybridized carbons (Fsp3) is 0.500. The molecule has 1 fully saturated rings. The van der Waals surface area contributed by atoms with E-state index in [4.69, 9.17) is 14.6 Å². The van der Waals surface area contributed by atoms with Crippen molar-refractivity contribution in [1.82, 2.24) is 14.7 Å². The van der Waals surface area contributed by atoms with E-state index in [0.717, 1.165) is 62.2 Å². The van der Waals surface area contributed by atoms with Crippen LogP contribution in [0.5, 0.6) is 0 Å². The Morgan fingerprint density at radius 3 is 2.56 bits per heavy atom. The molecule has 0 radical (unpaired) electrons. The Morgan fingerprint density at radius 1 is 1.12 bits per heavy atom. The van der Waals surface area contributed by atoms with Crippen LogP contribution in [0.15, 0.2) is 48.5 Å². The zero-order valence-corrected chi connectivity index (χ0v) is 20.9. The Hall–Kier alpha value is -2.86. The number of aryl methyl sites for hydroxylation is 1. The number of benzene rings is 2. The Balaban J connectivity index is 1.60.